The van der Waals surface area contributed by atoms with Crippen molar-refractivity contribution in [1.82, 2.24) is 5.43 Å². The predicted octanol–water partition coefficient (Wildman–Crippen LogP) is 2.57. The van der Waals surface area contributed by atoms with Crippen LogP contribution in [0.15, 0.2) is 85.7 Å². The van der Waals surface area contributed by atoms with Crippen LogP contribution in [0, 0.1) is 0 Å². The summed E-state index contributed by atoms with van der Waals surface area (Å²) in [6, 6.07) is 16.3. The molecule has 0 unspecified atom stereocenters. The topological polar surface area (TPSA) is 110 Å². The molecular weight excluding hydrogens is 382 g/mol. The summed E-state index contributed by atoms with van der Waals surface area (Å²) >= 11 is 0. The highest BCUT2D eigenvalue weighted by Crippen LogP contribution is 2.27. The maximum absolute atomic E-state index is 12.0. The number of hydrazone groups is 1. The second kappa shape index (κ2) is 7.12. The molecular formula is C19H13N3O5S. The molecule has 0 atom stereocenters. The first kappa shape index (κ1) is 17.7. The number of carbonyl (C=O) groups excluding carboxylic acids is 1. The number of fused-ring (bicyclic) bond motifs is 1. The molecule has 1 N–H and O–H groups in total. The number of sulfonamides is 1. The Hall–Kier alpha value is -3.72. The molecule has 1 aromatic heterocycles. The molecule has 2 heterocycles. The van der Waals surface area contributed by atoms with Crippen molar-refractivity contribution in [2.75, 3.05) is 0 Å². The quantitative estimate of drug-likeness (QED) is 0.539. The number of nitrogens with zero attached hydrogens (tertiary/aromatic N) is 2. The maximum atomic E-state index is 12.0. The van der Waals surface area contributed by atoms with E-state index in [-0.39, 0.29) is 16.6 Å². The summed E-state index contributed by atoms with van der Waals surface area (Å²) in [6.45, 7) is 0. The highest BCUT2D eigenvalue weighted by molar-refractivity contribution is 7.90. The van der Waals surface area contributed by atoms with Crippen molar-refractivity contribution < 1.29 is 22.4 Å². The summed E-state index contributed by atoms with van der Waals surface area (Å²) in [6.07, 6.45) is 2.85. The molecule has 1 aliphatic rings. The molecule has 1 aliphatic heterocycles. The average molecular weight is 395 g/mol. The molecule has 1 amide bonds. The molecule has 28 heavy (non-hydrogen) atoms. The van der Waals surface area contributed by atoms with E-state index in [1.54, 1.807) is 48.5 Å². The minimum atomic E-state index is -3.73. The molecule has 2 aromatic carbocycles. The van der Waals surface area contributed by atoms with Crippen LogP contribution in [0.25, 0.3) is 0 Å². The molecule has 9 heteroatoms. The number of rotatable bonds is 4. The van der Waals surface area contributed by atoms with E-state index in [9.17, 15) is 13.2 Å². The van der Waals surface area contributed by atoms with Gasteiger partial charge in [0.05, 0.1) is 18.0 Å². The number of hydrogen-bond acceptors (Lipinski definition) is 6. The Kier molecular flexibility index (Phi) is 4.50. The van der Waals surface area contributed by atoms with Crippen LogP contribution in [0.1, 0.15) is 21.7 Å². The largest absolute Gasteiger partial charge is 0.459 e. The van der Waals surface area contributed by atoms with Crippen molar-refractivity contribution in [3.05, 3.63) is 83.8 Å². The Morgan fingerprint density at radius 3 is 2.61 bits per heavy atom. The fourth-order valence-electron chi connectivity index (χ4n) is 2.51. The minimum absolute atomic E-state index is 0.0303. The Morgan fingerprint density at radius 2 is 1.86 bits per heavy atom. The highest BCUT2D eigenvalue weighted by atomic mass is 32.2. The number of furan rings is 1. The molecule has 140 valence electrons. The van der Waals surface area contributed by atoms with E-state index in [0.29, 0.717) is 16.9 Å². The van der Waals surface area contributed by atoms with Crippen LogP contribution in [0.3, 0.4) is 0 Å². The second-order valence-corrected chi connectivity index (χ2v) is 7.29. The minimum Gasteiger partial charge on any atom is -0.459 e. The maximum Gasteiger partial charge on any atom is 0.307 e. The third-order valence-corrected chi connectivity index (χ3v) is 5.14. The lowest BCUT2D eigenvalue weighted by atomic mass is 10.2. The predicted molar refractivity (Wildman–Crippen MR) is 101 cm³/mol. The molecule has 0 saturated carbocycles. The van der Waals surface area contributed by atoms with Crippen LogP contribution in [-0.4, -0.2) is 26.4 Å². The van der Waals surface area contributed by atoms with Crippen molar-refractivity contribution in [1.29, 1.82) is 0 Å². The van der Waals surface area contributed by atoms with Crippen molar-refractivity contribution in [3.8, 4) is 5.75 Å². The molecule has 4 rings (SSSR count). The van der Waals surface area contributed by atoms with Gasteiger partial charge in [0.25, 0.3) is 10.0 Å². The van der Waals surface area contributed by atoms with E-state index in [4.69, 9.17) is 9.15 Å². The fraction of sp³-hybridized carbons (Fsp3) is 0. The number of ether oxygens (including phenoxy) is 1. The molecule has 0 fully saturated rings. The van der Waals surface area contributed by atoms with E-state index >= 15 is 0 Å². The second-order valence-electron chi connectivity index (χ2n) is 5.72. The number of nitrogens with one attached hydrogen (secondary N) is 1. The highest BCUT2D eigenvalue weighted by Gasteiger charge is 2.29. The van der Waals surface area contributed by atoms with Gasteiger partial charge in [0.15, 0.2) is 5.76 Å². The third kappa shape index (κ3) is 3.55. The number of benzene rings is 2. The fourth-order valence-corrected chi connectivity index (χ4v) is 3.65. The summed E-state index contributed by atoms with van der Waals surface area (Å²) in [5.41, 5.74) is 3.47. The molecule has 0 saturated heterocycles. The Bertz CT molecular complexity index is 1180. The van der Waals surface area contributed by atoms with Crippen LogP contribution in [0.2, 0.25) is 0 Å². The summed E-state index contributed by atoms with van der Waals surface area (Å²) < 4.78 is 38.4. The van der Waals surface area contributed by atoms with Crippen LogP contribution in [-0.2, 0) is 10.0 Å². The Labute approximate surface area is 160 Å². The van der Waals surface area contributed by atoms with E-state index < -0.39 is 15.9 Å². The Morgan fingerprint density at radius 1 is 1.07 bits per heavy atom. The molecule has 0 radical (unpaired) electrons. The van der Waals surface area contributed by atoms with E-state index in [1.165, 1.54) is 24.6 Å². The van der Waals surface area contributed by atoms with Gasteiger partial charge in [0.2, 0.25) is 5.90 Å². The zero-order valence-corrected chi connectivity index (χ0v) is 15.1. The summed E-state index contributed by atoms with van der Waals surface area (Å²) in [5, 5.41) is 3.85. The standard InChI is InChI=1S/C19H13N3O5S/c23-18(16-5-3-11-26-16)21-20-12-13-7-9-14(10-8-13)27-19-15-4-1-2-6-17(15)28(24,25)22-19/h1-12H,(H,21,23). The lowest BCUT2D eigenvalue weighted by molar-refractivity contribution is 0.0927. The molecule has 3 aromatic rings. The van der Waals surface area contributed by atoms with Gasteiger partial charge in [-0.2, -0.15) is 13.5 Å². The molecule has 0 aliphatic carbocycles. The third-order valence-electron chi connectivity index (χ3n) is 3.82. The monoisotopic (exact) mass is 395 g/mol. The van der Waals surface area contributed by atoms with Crippen molar-refractivity contribution in [2.24, 2.45) is 9.50 Å². The first-order valence-electron chi connectivity index (χ1n) is 8.12. The van der Waals surface area contributed by atoms with Crippen molar-refractivity contribution in [2.45, 2.75) is 4.90 Å². The van der Waals surface area contributed by atoms with Crippen LogP contribution >= 0.6 is 0 Å². The lowest BCUT2D eigenvalue weighted by Gasteiger charge is -2.05. The summed E-state index contributed by atoms with van der Waals surface area (Å²) in [7, 11) is -3.73. The Balaban J connectivity index is 1.43. The SMILES string of the molecule is O=C(NN=Cc1ccc(OC2=NS(=O)(=O)c3ccccc32)cc1)c1ccco1. The van der Waals surface area contributed by atoms with Gasteiger partial charge in [-0.1, -0.05) is 12.1 Å². The zero-order valence-electron chi connectivity index (χ0n) is 14.3. The first-order valence-corrected chi connectivity index (χ1v) is 9.56. The normalized spacial score (nSPS) is 14.5. The van der Waals surface area contributed by atoms with Gasteiger partial charge in [0.1, 0.15) is 10.6 Å². The zero-order chi connectivity index (χ0) is 19.6. The average Bonchev–Trinajstić information content (AvgIpc) is 3.31. The van der Waals surface area contributed by atoms with Gasteiger partial charge in [-0.05, 0) is 54.1 Å². The van der Waals surface area contributed by atoms with Crippen LogP contribution in [0.5, 0.6) is 5.75 Å². The smallest absolute Gasteiger partial charge is 0.307 e. The van der Waals surface area contributed by atoms with Crippen molar-refractivity contribution in [3.63, 3.8) is 0 Å². The van der Waals surface area contributed by atoms with Gasteiger partial charge in [-0.15, -0.1) is 4.40 Å². The van der Waals surface area contributed by atoms with Gasteiger partial charge >= 0.3 is 5.91 Å². The van der Waals surface area contributed by atoms with Crippen molar-refractivity contribution >= 4 is 28.0 Å². The van der Waals surface area contributed by atoms with Crippen LogP contribution in [0.4, 0.5) is 0 Å². The van der Waals surface area contributed by atoms with Crippen LogP contribution < -0.4 is 10.2 Å². The molecule has 0 bridgehead atoms. The first-order chi connectivity index (χ1) is 13.5. The number of hydrogen-bond donors (Lipinski definition) is 1. The molecule has 0 spiro atoms. The summed E-state index contributed by atoms with van der Waals surface area (Å²) in [4.78, 5) is 11.8. The van der Waals surface area contributed by atoms with E-state index in [0.717, 1.165) is 0 Å². The van der Waals surface area contributed by atoms with Gasteiger partial charge in [0, 0.05) is 0 Å². The van der Waals surface area contributed by atoms with Gasteiger partial charge < -0.3 is 9.15 Å². The lowest BCUT2D eigenvalue weighted by Crippen LogP contribution is -2.16. The summed E-state index contributed by atoms with van der Waals surface area (Å²) in [5.74, 6) is 0.152. The molecule has 8 nitrogen and oxygen atoms in total. The number of amides is 1. The van der Waals surface area contributed by atoms with Gasteiger partial charge in [-0.3, -0.25) is 4.79 Å². The van der Waals surface area contributed by atoms with E-state index in [2.05, 4.69) is 14.9 Å². The van der Waals surface area contributed by atoms with E-state index in [1.807, 2.05) is 0 Å². The number of carbonyl (C=O) groups is 1. The van der Waals surface area contributed by atoms with Gasteiger partial charge in [-0.25, -0.2) is 5.43 Å².